The molecule has 4 atom stereocenters. The first kappa shape index (κ1) is 42.3. The fourth-order valence-electron chi connectivity index (χ4n) is 5.71. The molecule has 0 radical (unpaired) electrons. The summed E-state index contributed by atoms with van der Waals surface area (Å²) < 4.78 is 16.7. The maximum atomic E-state index is 13.6. The van der Waals surface area contributed by atoms with Gasteiger partial charge in [0, 0.05) is 26.9 Å². The number of rotatable bonds is 20. The lowest BCUT2D eigenvalue weighted by Crippen LogP contribution is -2.59. The molecule has 0 heterocycles. The van der Waals surface area contributed by atoms with Crippen molar-refractivity contribution < 1.29 is 38.5 Å². The summed E-state index contributed by atoms with van der Waals surface area (Å²) in [6.45, 7) is 10.4. The van der Waals surface area contributed by atoms with Gasteiger partial charge < -0.3 is 35.3 Å². The standard InChI is InChI=1S/C40H55N5O8/c1-25(2)37(41-27(5)46)39(49)43-33(20-29-12-10-9-11-13-29)34(48)23-45(44-40(50)38(26(3)4)42-28(6)47)22-30-14-17-32(18-15-30)53-24-31-16-19-35(51-7)36(21-31)52-8/h9-19,21,25-26,33-34,37-38,48H,20,22-24H2,1-8H3,(H,41,46)(H,42,47)(H,43,49)(H,44,50)/t33?,34?,37-,38-/m0/s1. The number of methoxy groups -OCH3 is 2. The summed E-state index contributed by atoms with van der Waals surface area (Å²) in [5.74, 6) is -0.165. The van der Waals surface area contributed by atoms with Crippen LogP contribution in [0.5, 0.6) is 17.2 Å². The second kappa shape index (κ2) is 20.8. The molecule has 0 saturated carbocycles. The molecule has 2 unspecified atom stereocenters. The van der Waals surface area contributed by atoms with Crippen molar-refractivity contribution >= 4 is 23.6 Å². The molecule has 0 spiro atoms. The summed E-state index contributed by atoms with van der Waals surface area (Å²) in [5.41, 5.74) is 5.47. The predicted octanol–water partition coefficient (Wildman–Crippen LogP) is 3.53. The van der Waals surface area contributed by atoms with Crippen molar-refractivity contribution in [3.8, 4) is 17.2 Å². The third kappa shape index (κ3) is 13.7. The van der Waals surface area contributed by atoms with E-state index in [0.29, 0.717) is 23.9 Å². The summed E-state index contributed by atoms with van der Waals surface area (Å²) in [7, 11) is 3.15. The number of ether oxygens (including phenoxy) is 3. The second-order valence-electron chi connectivity index (χ2n) is 13.7. The molecule has 13 nitrogen and oxygen atoms in total. The largest absolute Gasteiger partial charge is 0.493 e. The van der Waals surface area contributed by atoms with Crippen molar-refractivity contribution in [2.45, 2.75) is 85.3 Å². The van der Waals surface area contributed by atoms with Gasteiger partial charge in [-0.25, -0.2) is 5.01 Å². The lowest BCUT2D eigenvalue weighted by atomic mass is 9.98. The Morgan fingerprint density at radius 2 is 1.26 bits per heavy atom. The number of nitrogens with one attached hydrogen (secondary N) is 4. The zero-order valence-electron chi connectivity index (χ0n) is 32.0. The van der Waals surface area contributed by atoms with E-state index in [9.17, 15) is 24.3 Å². The Hall–Kier alpha value is -5.14. The van der Waals surface area contributed by atoms with Gasteiger partial charge in [0.15, 0.2) is 11.5 Å². The first-order valence-corrected chi connectivity index (χ1v) is 17.7. The zero-order valence-corrected chi connectivity index (χ0v) is 32.0. The van der Waals surface area contributed by atoms with E-state index in [1.165, 1.54) is 13.8 Å². The van der Waals surface area contributed by atoms with Crippen molar-refractivity contribution in [1.82, 2.24) is 26.4 Å². The van der Waals surface area contributed by atoms with Crippen LogP contribution in [0.25, 0.3) is 0 Å². The van der Waals surface area contributed by atoms with E-state index in [4.69, 9.17) is 14.2 Å². The Morgan fingerprint density at radius 1 is 0.698 bits per heavy atom. The molecule has 5 N–H and O–H groups in total. The Kier molecular flexibility index (Phi) is 16.6. The zero-order chi connectivity index (χ0) is 39.1. The molecule has 288 valence electrons. The number of nitrogens with zero attached hydrogens (tertiary/aromatic N) is 1. The van der Waals surface area contributed by atoms with E-state index in [0.717, 1.165) is 16.7 Å². The van der Waals surface area contributed by atoms with Crippen LogP contribution in [-0.2, 0) is 38.8 Å². The molecule has 3 aromatic rings. The summed E-state index contributed by atoms with van der Waals surface area (Å²) in [4.78, 5) is 50.9. The fourth-order valence-corrected chi connectivity index (χ4v) is 5.71. The second-order valence-corrected chi connectivity index (χ2v) is 13.7. The van der Waals surface area contributed by atoms with Crippen molar-refractivity contribution in [1.29, 1.82) is 0 Å². The maximum absolute atomic E-state index is 13.6. The van der Waals surface area contributed by atoms with Crippen molar-refractivity contribution in [2.75, 3.05) is 20.8 Å². The minimum absolute atomic E-state index is 0.0849. The minimum atomic E-state index is -1.17. The highest BCUT2D eigenvalue weighted by Gasteiger charge is 2.31. The molecule has 0 saturated heterocycles. The molecular formula is C40H55N5O8. The van der Waals surface area contributed by atoms with E-state index in [1.54, 1.807) is 19.2 Å². The Morgan fingerprint density at radius 3 is 1.81 bits per heavy atom. The lowest BCUT2D eigenvalue weighted by Gasteiger charge is -2.33. The van der Waals surface area contributed by atoms with Crippen LogP contribution in [0.2, 0.25) is 0 Å². The quantitative estimate of drug-likeness (QED) is 0.109. The molecule has 3 rings (SSSR count). The number of benzene rings is 3. The molecule has 0 aliphatic rings. The first-order valence-electron chi connectivity index (χ1n) is 17.7. The van der Waals surface area contributed by atoms with Gasteiger partial charge in [-0.2, -0.15) is 0 Å². The van der Waals surface area contributed by atoms with Crippen LogP contribution in [0.15, 0.2) is 72.8 Å². The van der Waals surface area contributed by atoms with Gasteiger partial charge in [-0.15, -0.1) is 0 Å². The highest BCUT2D eigenvalue weighted by Crippen LogP contribution is 2.28. The van der Waals surface area contributed by atoms with Crippen molar-refractivity contribution in [3.05, 3.63) is 89.5 Å². The fraction of sp³-hybridized carbons (Fsp3) is 0.450. The van der Waals surface area contributed by atoms with Gasteiger partial charge >= 0.3 is 0 Å². The van der Waals surface area contributed by atoms with Gasteiger partial charge in [0.1, 0.15) is 24.4 Å². The number of hydrazine groups is 1. The summed E-state index contributed by atoms with van der Waals surface area (Å²) in [6.07, 6.45) is -0.889. The molecule has 53 heavy (non-hydrogen) atoms. The van der Waals surface area contributed by atoms with Gasteiger partial charge in [0.05, 0.1) is 26.4 Å². The summed E-state index contributed by atoms with van der Waals surface area (Å²) in [6, 6.07) is 19.9. The van der Waals surface area contributed by atoms with Gasteiger partial charge in [-0.1, -0.05) is 76.2 Å². The number of amides is 4. The Balaban J connectivity index is 1.85. The average Bonchev–Trinajstić information content (AvgIpc) is 3.11. The maximum Gasteiger partial charge on any atom is 0.257 e. The summed E-state index contributed by atoms with van der Waals surface area (Å²) >= 11 is 0. The highest BCUT2D eigenvalue weighted by atomic mass is 16.5. The van der Waals surface area contributed by atoms with E-state index < -0.39 is 36.0 Å². The molecular weight excluding hydrogens is 678 g/mol. The van der Waals surface area contributed by atoms with Gasteiger partial charge in [0.2, 0.25) is 17.7 Å². The third-order valence-electron chi connectivity index (χ3n) is 8.53. The lowest BCUT2D eigenvalue weighted by molar-refractivity contribution is -0.134. The normalized spacial score (nSPS) is 13.4. The molecule has 0 bridgehead atoms. The number of hydrogen-bond acceptors (Lipinski definition) is 9. The van der Waals surface area contributed by atoms with Crippen LogP contribution in [0.3, 0.4) is 0 Å². The number of aliphatic hydroxyl groups excluding tert-OH is 1. The average molecular weight is 734 g/mol. The SMILES string of the molecule is COc1ccc(COc2ccc(CN(CC(O)C(Cc3ccccc3)NC(=O)[C@@H](NC(C)=O)C(C)C)NC(=O)[C@@H](NC(C)=O)C(C)C)cc2)cc1OC. The molecule has 4 amide bonds. The van der Waals surface area contributed by atoms with Crippen molar-refractivity contribution in [2.24, 2.45) is 11.8 Å². The van der Waals surface area contributed by atoms with Crippen molar-refractivity contribution in [3.63, 3.8) is 0 Å². The van der Waals surface area contributed by atoms with Crippen LogP contribution in [0.1, 0.15) is 58.2 Å². The third-order valence-corrected chi connectivity index (χ3v) is 8.53. The van der Waals surface area contributed by atoms with E-state index in [2.05, 4.69) is 21.4 Å². The van der Waals surface area contributed by atoms with Gasteiger partial charge in [0.25, 0.3) is 5.91 Å². The predicted molar refractivity (Wildman–Crippen MR) is 202 cm³/mol. The number of carbonyl (C=O) groups is 4. The smallest absolute Gasteiger partial charge is 0.257 e. The molecule has 0 aromatic heterocycles. The Bertz CT molecular complexity index is 1630. The highest BCUT2D eigenvalue weighted by molar-refractivity contribution is 5.87. The van der Waals surface area contributed by atoms with E-state index in [-0.39, 0.29) is 43.2 Å². The van der Waals surface area contributed by atoms with E-state index >= 15 is 0 Å². The molecule has 0 aliphatic carbocycles. The van der Waals surface area contributed by atoms with Gasteiger partial charge in [-0.3, -0.25) is 24.6 Å². The number of aliphatic hydroxyl groups is 1. The minimum Gasteiger partial charge on any atom is -0.493 e. The van der Waals surface area contributed by atoms with Crippen LogP contribution in [0.4, 0.5) is 0 Å². The summed E-state index contributed by atoms with van der Waals surface area (Å²) in [5, 5.41) is 21.7. The Labute approximate surface area is 312 Å². The van der Waals surface area contributed by atoms with Crippen LogP contribution >= 0.6 is 0 Å². The molecule has 3 aromatic carbocycles. The van der Waals surface area contributed by atoms with Crippen LogP contribution < -0.4 is 35.6 Å². The molecule has 0 fully saturated rings. The molecule has 13 heteroatoms. The van der Waals surface area contributed by atoms with Crippen LogP contribution in [0, 0.1) is 11.8 Å². The number of hydrogen-bond donors (Lipinski definition) is 5. The topological polar surface area (TPSA) is 168 Å². The monoisotopic (exact) mass is 733 g/mol. The molecule has 0 aliphatic heterocycles. The van der Waals surface area contributed by atoms with E-state index in [1.807, 2.05) is 100 Å². The first-order chi connectivity index (χ1) is 25.2. The number of carbonyl (C=O) groups excluding carboxylic acids is 4. The van der Waals surface area contributed by atoms with Crippen LogP contribution in [-0.4, -0.2) is 78.7 Å². The van der Waals surface area contributed by atoms with Gasteiger partial charge in [-0.05, 0) is 59.2 Å².